The molecule has 6 heteroatoms. The maximum absolute atomic E-state index is 11.5. The summed E-state index contributed by atoms with van der Waals surface area (Å²) < 4.78 is 7.12. The monoisotopic (exact) mass is 246 g/mol. The summed E-state index contributed by atoms with van der Waals surface area (Å²) in [5.74, 6) is 0.465. The normalized spacial score (nSPS) is 14.6. The van der Waals surface area contributed by atoms with E-state index in [0.717, 1.165) is 23.4 Å². The lowest BCUT2D eigenvalue weighted by Gasteiger charge is -2.10. The average molecular weight is 246 g/mol. The fraction of sp³-hybridized carbons (Fsp3) is 0.417. The SMILES string of the molecule is Cc1cc(=O)[nH]c(-n2nc3c(c2C)COCC3)n1. The van der Waals surface area contributed by atoms with Crippen molar-refractivity contribution in [3.05, 3.63) is 39.1 Å². The fourth-order valence-corrected chi connectivity index (χ4v) is 2.19. The van der Waals surface area contributed by atoms with E-state index in [1.807, 2.05) is 6.92 Å². The Morgan fingerprint density at radius 3 is 3.00 bits per heavy atom. The molecule has 0 amide bonds. The molecule has 0 saturated heterocycles. The van der Waals surface area contributed by atoms with E-state index < -0.39 is 0 Å². The van der Waals surface area contributed by atoms with Gasteiger partial charge in [-0.25, -0.2) is 9.67 Å². The smallest absolute Gasteiger partial charge is 0.252 e. The quantitative estimate of drug-likeness (QED) is 0.801. The number of nitrogens with zero attached hydrogens (tertiary/aromatic N) is 3. The van der Waals surface area contributed by atoms with Crippen molar-refractivity contribution in [2.75, 3.05) is 6.61 Å². The highest BCUT2D eigenvalue weighted by Gasteiger charge is 2.19. The number of rotatable bonds is 1. The highest BCUT2D eigenvalue weighted by atomic mass is 16.5. The number of aromatic nitrogens is 4. The molecular formula is C12H14N4O2. The molecule has 0 spiro atoms. The molecular weight excluding hydrogens is 232 g/mol. The Kier molecular flexibility index (Phi) is 2.52. The lowest BCUT2D eigenvalue weighted by Crippen LogP contribution is -2.14. The molecule has 0 unspecified atom stereocenters. The predicted molar refractivity (Wildman–Crippen MR) is 64.8 cm³/mol. The van der Waals surface area contributed by atoms with Gasteiger partial charge in [-0.05, 0) is 13.8 Å². The number of fused-ring (bicyclic) bond motifs is 1. The molecule has 1 N–H and O–H groups in total. The van der Waals surface area contributed by atoms with E-state index in [1.54, 1.807) is 11.6 Å². The molecule has 0 atom stereocenters. The van der Waals surface area contributed by atoms with Gasteiger partial charge in [-0.15, -0.1) is 0 Å². The zero-order chi connectivity index (χ0) is 12.7. The Bertz CT molecular complexity index is 657. The summed E-state index contributed by atoms with van der Waals surface area (Å²) in [6.45, 7) is 5.03. The van der Waals surface area contributed by atoms with Gasteiger partial charge in [0.1, 0.15) is 0 Å². The number of H-pyrrole nitrogens is 1. The number of aryl methyl sites for hydroxylation is 1. The van der Waals surface area contributed by atoms with Gasteiger partial charge in [0.25, 0.3) is 5.56 Å². The first-order valence-corrected chi connectivity index (χ1v) is 5.88. The van der Waals surface area contributed by atoms with Crippen LogP contribution in [0.25, 0.3) is 5.95 Å². The zero-order valence-corrected chi connectivity index (χ0v) is 10.4. The summed E-state index contributed by atoms with van der Waals surface area (Å²) in [5, 5.41) is 4.51. The summed E-state index contributed by atoms with van der Waals surface area (Å²) in [7, 11) is 0. The zero-order valence-electron chi connectivity index (χ0n) is 10.4. The van der Waals surface area contributed by atoms with Gasteiger partial charge in [0.2, 0.25) is 5.95 Å². The van der Waals surface area contributed by atoms with Crippen LogP contribution in [0.2, 0.25) is 0 Å². The second-order valence-corrected chi connectivity index (χ2v) is 4.44. The van der Waals surface area contributed by atoms with Gasteiger partial charge in [0, 0.05) is 23.7 Å². The van der Waals surface area contributed by atoms with Crippen molar-refractivity contribution < 1.29 is 4.74 Å². The second kappa shape index (κ2) is 4.06. The van der Waals surface area contributed by atoms with Gasteiger partial charge in [0.05, 0.1) is 24.6 Å². The van der Waals surface area contributed by atoms with E-state index in [9.17, 15) is 4.79 Å². The minimum absolute atomic E-state index is 0.165. The molecule has 0 saturated carbocycles. The third kappa shape index (κ3) is 1.74. The Labute approximate surface area is 104 Å². The number of aromatic amines is 1. The Hall–Kier alpha value is -1.95. The van der Waals surface area contributed by atoms with Crippen LogP contribution in [0.5, 0.6) is 0 Å². The van der Waals surface area contributed by atoms with Crippen LogP contribution in [0.15, 0.2) is 10.9 Å². The van der Waals surface area contributed by atoms with E-state index in [4.69, 9.17) is 4.74 Å². The van der Waals surface area contributed by atoms with Gasteiger partial charge in [-0.2, -0.15) is 5.10 Å². The van der Waals surface area contributed by atoms with Crippen LogP contribution in [0.1, 0.15) is 22.6 Å². The molecule has 0 bridgehead atoms. The highest BCUT2D eigenvalue weighted by Crippen LogP contribution is 2.21. The average Bonchev–Trinajstić information content (AvgIpc) is 2.66. The van der Waals surface area contributed by atoms with Crippen molar-refractivity contribution in [3.63, 3.8) is 0 Å². The number of hydrogen-bond donors (Lipinski definition) is 1. The topological polar surface area (TPSA) is 72.8 Å². The molecule has 18 heavy (non-hydrogen) atoms. The lowest BCUT2D eigenvalue weighted by atomic mass is 10.1. The Balaban J connectivity index is 2.17. The molecule has 0 radical (unpaired) electrons. The number of hydrogen-bond acceptors (Lipinski definition) is 4. The largest absolute Gasteiger partial charge is 0.376 e. The summed E-state index contributed by atoms with van der Waals surface area (Å²) >= 11 is 0. The van der Waals surface area contributed by atoms with Crippen LogP contribution in [0.3, 0.4) is 0 Å². The molecule has 3 heterocycles. The van der Waals surface area contributed by atoms with Crippen molar-refractivity contribution in [1.29, 1.82) is 0 Å². The van der Waals surface area contributed by atoms with Crippen molar-refractivity contribution in [3.8, 4) is 5.95 Å². The van der Waals surface area contributed by atoms with Crippen molar-refractivity contribution in [1.82, 2.24) is 19.7 Å². The van der Waals surface area contributed by atoms with E-state index in [2.05, 4.69) is 15.1 Å². The third-order valence-electron chi connectivity index (χ3n) is 3.11. The van der Waals surface area contributed by atoms with Gasteiger partial charge in [-0.1, -0.05) is 0 Å². The maximum Gasteiger partial charge on any atom is 0.252 e. The molecule has 0 fully saturated rings. The van der Waals surface area contributed by atoms with Gasteiger partial charge in [-0.3, -0.25) is 9.78 Å². The summed E-state index contributed by atoms with van der Waals surface area (Å²) in [5.41, 5.74) is 3.62. The van der Waals surface area contributed by atoms with Crippen molar-refractivity contribution in [2.24, 2.45) is 0 Å². The minimum Gasteiger partial charge on any atom is -0.376 e. The first kappa shape index (κ1) is 11.2. The molecule has 1 aliphatic rings. The molecule has 2 aromatic heterocycles. The van der Waals surface area contributed by atoms with E-state index in [-0.39, 0.29) is 5.56 Å². The van der Waals surface area contributed by atoms with Gasteiger partial charge < -0.3 is 4.74 Å². The van der Waals surface area contributed by atoms with Gasteiger partial charge in [0.15, 0.2) is 0 Å². The summed E-state index contributed by atoms with van der Waals surface area (Å²) in [4.78, 5) is 18.5. The first-order valence-electron chi connectivity index (χ1n) is 5.88. The lowest BCUT2D eigenvalue weighted by molar-refractivity contribution is 0.110. The van der Waals surface area contributed by atoms with Crippen LogP contribution in [0, 0.1) is 13.8 Å². The molecule has 94 valence electrons. The summed E-state index contributed by atoms with van der Waals surface area (Å²) in [6, 6.07) is 1.46. The van der Waals surface area contributed by atoms with Crippen LogP contribution >= 0.6 is 0 Å². The maximum atomic E-state index is 11.5. The fourth-order valence-electron chi connectivity index (χ4n) is 2.19. The predicted octanol–water partition coefficient (Wildman–Crippen LogP) is 0.645. The molecule has 2 aromatic rings. The Morgan fingerprint density at radius 2 is 2.28 bits per heavy atom. The number of ether oxygens (including phenoxy) is 1. The van der Waals surface area contributed by atoms with Crippen LogP contribution in [0.4, 0.5) is 0 Å². The van der Waals surface area contributed by atoms with Crippen LogP contribution in [-0.4, -0.2) is 26.4 Å². The molecule has 0 aromatic carbocycles. The molecule has 3 rings (SSSR count). The van der Waals surface area contributed by atoms with Crippen LogP contribution in [-0.2, 0) is 17.8 Å². The summed E-state index contributed by atoms with van der Waals surface area (Å²) in [6.07, 6.45) is 0.805. The van der Waals surface area contributed by atoms with E-state index in [0.29, 0.717) is 24.9 Å². The second-order valence-electron chi connectivity index (χ2n) is 4.44. The molecule has 6 nitrogen and oxygen atoms in total. The van der Waals surface area contributed by atoms with Crippen LogP contribution < -0.4 is 5.56 Å². The standard InChI is InChI=1S/C12H14N4O2/c1-7-5-11(17)14-12(13-7)16-8(2)9-6-18-4-3-10(9)15-16/h5H,3-4,6H2,1-2H3,(H,13,14,17). The van der Waals surface area contributed by atoms with E-state index >= 15 is 0 Å². The highest BCUT2D eigenvalue weighted by molar-refractivity contribution is 5.31. The van der Waals surface area contributed by atoms with Crippen molar-refractivity contribution in [2.45, 2.75) is 26.9 Å². The molecule has 0 aliphatic carbocycles. The minimum atomic E-state index is -0.165. The van der Waals surface area contributed by atoms with Gasteiger partial charge >= 0.3 is 0 Å². The first-order chi connectivity index (χ1) is 8.65. The molecule has 1 aliphatic heterocycles. The van der Waals surface area contributed by atoms with E-state index in [1.165, 1.54) is 6.07 Å². The number of nitrogens with one attached hydrogen (secondary N) is 1. The Morgan fingerprint density at radius 1 is 1.44 bits per heavy atom. The van der Waals surface area contributed by atoms with Crippen molar-refractivity contribution >= 4 is 0 Å². The third-order valence-corrected chi connectivity index (χ3v) is 3.11.